The Morgan fingerprint density at radius 1 is 1.00 bits per heavy atom. The smallest absolute Gasteiger partial charge is 0.363 e. The van der Waals surface area contributed by atoms with Crippen molar-refractivity contribution in [2.24, 2.45) is 0 Å². The van der Waals surface area contributed by atoms with Crippen molar-refractivity contribution in [3.05, 3.63) is 59.9 Å². The standard InChI is InChI=1S/C13H11NO4/c1-17-12(15)11-7-8-14(9-11)18-13(16)10-5-3-2-4-6-10/h2-9H,1H3. The van der Waals surface area contributed by atoms with Crippen molar-refractivity contribution >= 4 is 11.9 Å². The van der Waals surface area contributed by atoms with E-state index >= 15 is 0 Å². The van der Waals surface area contributed by atoms with Gasteiger partial charge in [0.2, 0.25) is 0 Å². The van der Waals surface area contributed by atoms with Gasteiger partial charge < -0.3 is 9.57 Å². The number of aromatic nitrogens is 1. The van der Waals surface area contributed by atoms with E-state index in [1.807, 2.05) is 6.07 Å². The van der Waals surface area contributed by atoms with Crippen LogP contribution in [0.25, 0.3) is 0 Å². The molecule has 92 valence electrons. The van der Waals surface area contributed by atoms with E-state index in [0.29, 0.717) is 11.1 Å². The summed E-state index contributed by atoms with van der Waals surface area (Å²) in [5, 5.41) is 0. The van der Waals surface area contributed by atoms with Crippen LogP contribution >= 0.6 is 0 Å². The number of carbonyl (C=O) groups excluding carboxylic acids is 2. The van der Waals surface area contributed by atoms with Crippen LogP contribution < -0.4 is 4.84 Å². The first-order chi connectivity index (χ1) is 8.70. The number of carbonyl (C=O) groups is 2. The first-order valence-electron chi connectivity index (χ1n) is 5.25. The average Bonchev–Trinajstić information content (AvgIpc) is 2.87. The highest BCUT2D eigenvalue weighted by atomic mass is 16.7. The van der Waals surface area contributed by atoms with Crippen molar-refractivity contribution in [2.45, 2.75) is 0 Å². The molecule has 5 heteroatoms. The molecule has 0 saturated heterocycles. The molecule has 0 aliphatic heterocycles. The van der Waals surface area contributed by atoms with E-state index in [4.69, 9.17) is 4.84 Å². The quantitative estimate of drug-likeness (QED) is 0.770. The highest BCUT2D eigenvalue weighted by molar-refractivity contribution is 5.90. The van der Waals surface area contributed by atoms with Gasteiger partial charge in [-0.3, -0.25) is 0 Å². The van der Waals surface area contributed by atoms with Crippen molar-refractivity contribution in [1.29, 1.82) is 0 Å². The number of nitrogens with zero attached hydrogens (tertiary/aromatic N) is 1. The summed E-state index contributed by atoms with van der Waals surface area (Å²) in [5.41, 5.74) is 0.754. The molecule has 0 atom stereocenters. The molecule has 2 rings (SSSR count). The summed E-state index contributed by atoms with van der Waals surface area (Å²) >= 11 is 0. The summed E-state index contributed by atoms with van der Waals surface area (Å²) in [6.45, 7) is 0. The van der Waals surface area contributed by atoms with E-state index in [9.17, 15) is 9.59 Å². The average molecular weight is 245 g/mol. The number of esters is 1. The molecule has 18 heavy (non-hydrogen) atoms. The van der Waals surface area contributed by atoms with E-state index in [0.717, 1.165) is 0 Å². The lowest BCUT2D eigenvalue weighted by Crippen LogP contribution is -2.18. The third-order valence-electron chi connectivity index (χ3n) is 2.29. The van der Waals surface area contributed by atoms with Gasteiger partial charge in [-0.2, -0.15) is 4.73 Å². The monoisotopic (exact) mass is 245 g/mol. The lowest BCUT2D eigenvalue weighted by Gasteiger charge is -2.03. The number of methoxy groups -OCH3 is 1. The topological polar surface area (TPSA) is 57.5 Å². The van der Waals surface area contributed by atoms with Crippen LogP contribution in [0.1, 0.15) is 20.7 Å². The molecular weight excluding hydrogens is 234 g/mol. The van der Waals surface area contributed by atoms with Crippen LogP contribution in [0, 0.1) is 0 Å². The lowest BCUT2D eigenvalue weighted by molar-refractivity contribution is 0.0456. The fraction of sp³-hybridized carbons (Fsp3) is 0.0769. The summed E-state index contributed by atoms with van der Waals surface area (Å²) in [6.07, 6.45) is 2.85. The van der Waals surface area contributed by atoms with Crippen molar-refractivity contribution in [1.82, 2.24) is 4.73 Å². The Balaban J connectivity index is 2.08. The SMILES string of the molecule is COC(=O)c1ccn(OC(=O)c2ccccc2)c1. The molecule has 2 aromatic rings. The molecule has 0 bridgehead atoms. The number of hydrogen-bond donors (Lipinski definition) is 0. The first-order valence-corrected chi connectivity index (χ1v) is 5.25. The maximum absolute atomic E-state index is 11.7. The number of benzene rings is 1. The molecule has 0 amide bonds. The zero-order chi connectivity index (χ0) is 13.0. The maximum atomic E-state index is 11.7. The second kappa shape index (κ2) is 5.18. The highest BCUT2D eigenvalue weighted by Gasteiger charge is 2.11. The van der Waals surface area contributed by atoms with Gasteiger partial charge in [0.05, 0.1) is 24.4 Å². The molecule has 0 N–H and O–H groups in total. The normalized spacial score (nSPS) is 9.83. The molecule has 1 aromatic heterocycles. The van der Waals surface area contributed by atoms with Crippen molar-refractivity contribution in [3.8, 4) is 0 Å². The van der Waals surface area contributed by atoms with Crippen LogP contribution in [0.15, 0.2) is 48.8 Å². The van der Waals surface area contributed by atoms with Gasteiger partial charge in [0.25, 0.3) is 0 Å². The van der Waals surface area contributed by atoms with Gasteiger partial charge >= 0.3 is 11.9 Å². The molecule has 1 heterocycles. The van der Waals surface area contributed by atoms with Gasteiger partial charge in [0.15, 0.2) is 0 Å². The molecule has 0 fully saturated rings. The third kappa shape index (κ3) is 2.57. The van der Waals surface area contributed by atoms with Gasteiger partial charge in [-0.1, -0.05) is 18.2 Å². The zero-order valence-electron chi connectivity index (χ0n) is 9.70. The highest BCUT2D eigenvalue weighted by Crippen LogP contribution is 2.04. The Labute approximate surface area is 104 Å². The van der Waals surface area contributed by atoms with Gasteiger partial charge in [0.1, 0.15) is 0 Å². The summed E-state index contributed by atoms with van der Waals surface area (Å²) < 4.78 is 5.71. The fourth-order valence-corrected chi connectivity index (χ4v) is 1.39. The summed E-state index contributed by atoms with van der Waals surface area (Å²) in [6, 6.07) is 10.1. The summed E-state index contributed by atoms with van der Waals surface area (Å²) in [4.78, 5) is 28.0. The number of rotatable bonds is 3. The Kier molecular flexibility index (Phi) is 3.43. The van der Waals surface area contributed by atoms with E-state index in [1.54, 1.807) is 24.3 Å². The van der Waals surface area contributed by atoms with Gasteiger partial charge in [-0.25, -0.2) is 9.59 Å². The van der Waals surface area contributed by atoms with Crippen LogP contribution in [0.2, 0.25) is 0 Å². The molecule has 0 aliphatic rings. The molecule has 5 nitrogen and oxygen atoms in total. The van der Waals surface area contributed by atoms with Crippen LogP contribution in [-0.4, -0.2) is 23.8 Å². The molecule has 1 aromatic carbocycles. The second-order valence-corrected chi connectivity index (χ2v) is 3.50. The minimum Gasteiger partial charge on any atom is -0.465 e. The van der Waals surface area contributed by atoms with Gasteiger partial charge in [0, 0.05) is 6.20 Å². The summed E-state index contributed by atoms with van der Waals surface area (Å²) in [7, 11) is 1.29. The number of hydrogen-bond acceptors (Lipinski definition) is 4. The van der Waals surface area contributed by atoms with E-state index in [-0.39, 0.29) is 0 Å². The Morgan fingerprint density at radius 3 is 2.39 bits per heavy atom. The fourth-order valence-electron chi connectivity index (χ4n) is 1.39. The molecule has 0 radical (unpaired) electrons. The van der Waals surface area contributed by atoms with Crippen molar-refractivity contribution in [2.75, 3.05) is 7.11 Å². The third-order valence-corrected chi connectivity index (χ3v) is 2.29. The minimum atomic E-state index is -0.498. The van der Waals surface area contributed by atoms with Crippen molar-refractivity contribution < 1.29 is 19.2 Å². The van der Waals surface area contributed by atoms with Crippen LogP contribution in [-0.2, 0) is 4.74 Å². The second-order valence-electron chi connectivity index (χ2n) is 3.50. The van der Waals surface area contributed by atoms with Crippen molar-refractivity contribution in [3.63, 3.8) is 0 Å². The van der Waals surface area contributed by atoms with Gasteiger partial charge in [-0.05, 0) is 18.2 Å². The largest absolute Gasteiger partial charge is 0.465 e. The van der Waals surface area contributed by atoms with Crippen LogP contribution in [0.5, 0.6) is 0 Å². The van der Waals surface area contributed by atoms with Crippen LogP contribution in [0.4, 0.5) is 0 Å². The van der Waals surface area contributed by atoms with E-state index in [1.165, 1.54) is 30.3 Å². The predicted octanol–water partition coefficient (Wildman–Crippen LogP) is 1.54. The van der Waals surface area contributed by atoms with Gasteiger partial charge in [-0.15, -0.1) is 0 Å². The molecule has 0 spiro atoms. The maximum Gasteiger partial charge on any atom is 0.363 e. The number of ether oxygens (including phenoxy) is 1. The first kappa shape index (κ1) is 11.9. The van der Waals surface area contributed by atoms with E-state index < -0.39 is 11.9 Å². The molecule has 0 unspecified atom stereocenters. The zero-order valence-corrected chi connectivity index (χ0v) is 9.70. The minimum absolute atomic E-state index is 0.318. The predicted molar refractivity (Wildman–Crippen MR) is 63.1 cm³/mol. The molecule has 0 saturated carbocycles. The Hall–Kier alpha value is -2.56. The Morgan fingerprint density at radius 2 is 1.72 bits per heavy atom. The molecular formula is C13H11NO4. The Bertz CT molecular complexity index is 559. The lowest BCUT2D eigenvalue weighted by atomic mass is 10.2. The van der Waals surface area contributed by atoms with E-state index in [2.05, 4.69) is 4.74 Å². The van der Waals surface area contributed by atoms with Crippen LogP contribution in [0.3, 0.4) is 0 Å². The summed E-state index contributed by atoms with van der Waals surface area (Å²) in [5.74, 6) is -0.980. The molecule has 0 aliphatic carbocycles.